The van der Waals surface area contributed by atoms with Crippen molar-refractivity contribution in [3.05, 3.63) is 24.3 Å². The zero-order chi connectivity index (χ0) is 19.5. The van der Waals surface area contributed by atoms with Crippen molar-refractivity contribution < 1.29 is 4.79 Å². The number of hydrogen-bond donors (Lipinski definition) is 1. The first-order valence-electron chi connectivity index (χ1n) is 12.0. The fourth-order valence-electron chi connectivity index (χ4n) is 8.37. The number of Topliss-reactive ketones (excluding diaryl/α,β-unsaturated/α-hetero) is 1. The van der Waals surface area contributed by atoms with E-state index in [0.717, 1.165) is 42.9 Å². The first-order valence-corrected chi connectivity index (χ1v) is 12.0. The lowest BCUT2D eigenvalue weighted by atomic mass is 9.44. The van der Waals surface area contributed by atoms with Gasteiger partial charge in [0.05, 0.1) is 0 Å². The van der Waals surface area contributed by atoms with Gasteiger partial charge in [-0.15, -0.1) is 0 Å². The van der Waals surface area contributed by atoms with Crippen LogP contribution in [0.3, 0.4) is 0 Å². The Labute approximate surface area is 171 Å². The highest BCUT2D eigenvalue weighted by molar-refractivity contribution is 5.87. The highest BCUT2D eigenvalue weighted by Gasteiger charge is 2.60. The van der Waals surface area contributed by atoms with Gasteiger partial charge in [-0.1, -0.05) is 38.2 Å². The van der Waals surface area contributed by atoms with Crippen molar-refractivity contribution in [3.63, 3.8) is 0 Å². The number of carbonyl (C=O) groups is 1. The molecule has 2 nitrogen and oxygen atoms in total. The maximum Gasteiger partial charge on any atom is 0.139 e. The van der Waals surface area contributed by atoms with Gasteiger partial charge in [0, 0.05) is 18.4 Å². The molecule has 1 aliphatic heterocycles. The van der Waals surface area contributed by atoms with Crippen LogP contribution in [0, 0.1) is 46.3 Å². The Hall–Kier alpha value is -0.890. The minimum Gasteiger partial charge on any atom is -0.316 e. The quantitative estimate of drug-likeness (QED) is 0.636. The molecule has 4 aliphatic carbocycles. The van der Waals surface area contributed by atoms with Crippen molar-refractivity contribution in [1.29, 1.82) is 0 Å². The lowest BCUT2D eigenvalue weighted by Crippen LogP contribution is -2.54. The van der Waals surface area contributed by atoms with Crippen LogP contribution in [0.4, 0.5) is 0 Å². The predicted molar refractivity (Wildman–Crippen MR) is 115 cm³/mol. The first kappa shape index (κ1) is 19.1. The third-order valence-corrected chi connectivity index (χ3v) is 10.1. The molecule has 4 saturated carbocycles. The van der Waals surface area contributed by atoms with E-state index < -0.39 is 0 Å². The van der Waals surface area contributed by atoms with Gasteiger partial charge in [-0.2, -0.15) is 0 Å². The van der Waals surface area contributed by atoms with E-state index in [0.29, 0.717) is 23.0 Å². The number of allylic oxidation sites excluding steroid dienone is 2. The summed E-state index contributed by atoms with van der Waals surface area (Å²) in [6.45, 7) is 11.9. The smallest absolute Gasteiger partial charge is 0.139 e. The number of fused-ring (bicyclic) bond motifs is 5. The molecule has 1 saturated heterocycles. The molecule has 0 aromatic rings. The lowest BCUT2D eigenvalue weighted by Gasteiger charge is -2.60. The molecule has 0 amide bonds. The molecule has 1 unspecified atom stereocenters. The van der Waals surface area contributed by atoms with Crippen LogP contribution in [0.5, 0.6) is 0 Å². The molecule has 0 radical (unpaired) electrons. The van der Waals surface area contributed by atoms with E-state index in [4.69, 9.17) is 0 Å². The summed E-state index contributed by atoms with van der Waals surface area (Å²) < 4.78 is 0. The van der Waals surface area contributed by atoms with Crippen molar-refractivity contribution >= 4 is 5.78 Å². The van der Waals surface area contributed by atoms with Crippen LogP contribution in [-0.4, -0.2) is 18.9 Å². The van der Waals surface area contributed by atoms with Crippen LogP contribution in [0.1, 0.15) is 71.6 Å². The van der Waals surface area contributed by atoms with Crippen LogP contribution in [0.25, 0.3) is 0 Å². The lowest BCUT2D eigenvalue weighted by molar-refractivity contribution is -0.135. The Balaban J connectivity index is 1.34. The minimum atomic E-state index is -0.0140. The highest BCUT2D eigenvalue weighted by atomic mass is 16.1. The van der Waals surface area contributed by atoms with Crippen LogP contribution in [-0.2, 0) is 4.79 Å². The van der Waals surface area contributed by atoms with Crippen LogP contribution >= 0.6 is 0 Å². The fourth-order valence-corrected chi connectivity index (χ4v) is 8.37. The van der Waals surface area contributed by atoms with Crippen LogP contribution < -0.4 is 5.32 Å². The molecule has 0 spiro atoms. The summed E-state index contributed by atoms with van der Waals surface area (Å²) in [7, 11) is 0. The number of hydrogen-bond acceptors (Lipinski definition) is 2. The standard InChI is InChI=1S/C26H39NO/c1-17-14-20-21-6-7-24(28)26(21,3)12-9-22(20)25(2)11-8-18(15-23(17)25)4-5-19-10-13-27-16-19/h4-5,18-23,27H,1,6-16H2,2-3H3/b5-4-/t18-,19+,20+,21+,22+,23?,25-,26+/m1/s1. The van der Waals surface area contributed by atoms with Crippen molar-refractivity contribution in [2.24, 2.45) is 46.3 Å². The SMILES string of the molecule is C=C1C[C@@H]2[C@H](CC[C@]3(C)C(=O)CC[C@@H]23)[C@@]2(C)CC[C@@H](/C=C\[C@H]3CCNC3)CC12. The zero-order valence-electron chi connectivity index (χ0n) is 18.0. The maximum atomic E-state index is 12.6. The largest absolute Gasteiger partial charge is 0.316 e. The second kappa shape index (κ2) is 6.83. The van der Waals surface area contributed by atoms with Gasteiger partial charge in [-0.3, -0.25) is 4.79 Å². The fraction of sp³-hybridized carbons (Fsp3) is 0.808. The summed E-state index contributed by atoms with van der Waals surface area (Å²) >= 11 is 0. The van der Waals surface area contributed by atoms with Gasteiger partial charge in [-0.25, -0.2) is 0 Å². The summed E-state index contributed by atoms with van der Waals surface area (Å²) in [5, 5.41) is 3.48. The molecule has 28 heavy (non-hydrogen) atoms. The third kappa shape index (κ3) is 2.81. The highest BCUT2D eigenvalue weighted by Crippen LogP contribution is 2.66. The topological polar surface area (TPSA) is 29.1 Å². The molecule has 0 bridgehead atoms. The molecule has 5 fully saturated rings. The van der Waals surface area contributed by atoms with Crippen molar-refractivity contribution in [2.45, 2.75) is 71.6 Å². The predicted octanol–water partition coefficient (Wildman–Crippen LogP) is 5.55. The summed E-state index contributed by atoms with van der Waals surface area (Å²) in [5.74, 6) is 4.91. The molecular weight excluding hydrogens is 342 g/mol. The summed E-state index contributed by atoms with van der Waals surface area (Å²) in [5.41, 5.74) is 1.93. The average molecular weight is 382 g/mol. The Morgan fingerprint density at radius 3 is 2.64 bits per heavy atom. The number of nitrogens with one attached hydrogen (secondary N) is 1. The molecule has 2 heteroatoms. The van der Waals surface area contributed by atoms with Crippen LogP contribution in [0.2, 0.25) is 0 Å². The second-order valence-corrected chi connectivity index (χ2v) is 11.4. The second-order valence-electron chi connectivity index (χ2n) is 11.4. The maximum absolute atomic E-state index is 12.6. The van der Waals surface area contributed by atoms with E-state index >= 15 is 0 Å². The Morgan fingerprint density at radius 2 is 1.86 bits per heavy atom. The van der Waals surface area contributed by atoms with Crippen molar-refractivity contribution in [1.82, 2.24) is 5.32 Å². The number of ketones is 1. The van der Waals surface area contributed by atoms with E-state index in [2.05, 4.69) is 37.9 Å². The average Bonchev–Trinajstić information content (AvgIpc) is 3.29. The van der Waals surface area contributed by atoms with Gasteiger partial charge in [0.1, 0.15) is 5.78 Å². The molecule has 1 heterocycles. The first-order chi connectivity index (χ1) is 13.4. The van der Waals surface area contributed by atoms with E-state index in [1.807, 2.05) is 0 Å². The van der Waals surface area contributed by atoms with Gasteiger partial charge >= 0.3 is 0 Å². The summed E-state index contributed by atoms with van der Waals surface area (Å²) in [6.07, 6.45) is 16.0. The monoisotopic (exact) mass is 381 g/mol. The molecule has 5 rings (SSSR count). The van der Waals surface area contributed by atoms with Gasteiger partial charge in [0.15, 0.2) is 0 Å². The van der Waals surface area contributed by atoms with Gasteiger partial charge in [0.2, 0.25) is 0 Å². The molecule has 0 aromatic carbocycles. The van der Waals surface area contributed by atoms with E-state index in [1.54, 1.807) is 0 Å². The molecule has 5 aliphatic rings. The zero-order valence-corrected chi connectivity index (χ0v) is 18.0. The Bertz CT molecular complexity index is 689. The van der Waals surface area contributed by atoms with Crippen molar-refractivity contribution in [3.8, 4) is 0 Å². The van der Waals surface area contributed by atoms with Gasteiger partial charge in [0.25, 0.3) is 0 Å². The number of carbonyl (C=O) groups excluding carboxylic acids is 1. The normalized spacial score (nSPS) is 51.2. The Morgan fingerprint density at radius 1 is 1.04 bits per heavy atom. The third-order valence-electron chi connectivity index (χ3n) is 10.1. The van der Waals surface area contributed by atoms with E-state index in [-0.39, 0.29) is 5.41 Å². The van der Waals surface area contributed by atoms with Gasteiger partial charge < -0.3 is 5.32 Å². The number of rotatable bonds is 2. The minimum absolute atomic E-state index is 0.0140. The molecule has 0 aromatic heterocycles. The molecule has 154 valence electrons. The Kier molecular flexibility index (Phi) is 4.66. The van der Waals surface area contributed by atoms with Crippen molar-refractivity contribution in [2.75, 3.05) is 13.1 Å². The summed E-state index contributed by atoms with van der Waals surface area (Å²) in [4.78, 5) is 12.6. The van der Waals surface area contributed by atoms with Gasteiger partial charge in [-0.05, 0) is 98.8 Å². The van der Waals surface area contributed by atoms with E-state index in [9.17, 15) is 4.79 Å². The van der Waals surface area contributed by atoms with E-state index in [1.165, 1.54) is 57.2 Å². The molecule has 1 N–H and O–H groups in total. The molecular formula is C26H39NO. The van der Waals surface area contributed by atoms with Crippen LogP contribution in [0.15, 0.2) is 24.3 Å². The summed E-state index contributed by atoms with van der Waals surface area (Å²) in [6, 6.07) is 0. The molecule has 8 atom stereocenters.